The number of nitrogens with one attached hydrogen (secondary N) is 1. The van der Waals surface area contributed by atoms with Crippen molar-refractivity contribution >= 4 is 99.0 Å². The van der Waals surface area contributed by atoms with Crippen molar-refractivity contribution in [2.45, 2.75) is 33.1 Å². The Morgan fingerprint density at radius 3 is 1.11 bits per heavy atom. The molecule has 2 aliphatic rings. The van der Waals surface area contributed by atoms with Crippen LogP contribution in [0, 0.1) is 81.3 Å². The van der Waals surface area contributed by atoms with E-state index in [-0.39, 0.29) is 167 Å². The molecule has 12 aromatic rings. The summed E-state index contributed by atoms with van der Waals surface area (Å²) in [5.74, 6) is 0.616. The Labute approximate surface area is 743 Å². The van der Waals surface area contributed by atoms with Crippen LogP contribution >= 0.6 is 58.0 Å². The van der Waals surface area contributed by atoms with Crippen molar-refractivity contribution in [2.24, 2.45) is 0 Å². The molecule has 6 aromatic carbocycles. The van der Waals surface area contributed by atoms with Crippen LogP contribution in [-0.4, -0.2) is 163 Å². The Hall–Kier alpha value is -14.0. The monoisotopic (exact) mass is 1890 g/mol. The number of ether oxygens (including phenoxy) is 10. The molecule has 666 valence electrons. The summed E-state index contributed by atoms with van der Waals surface area (Å²) in [6.07, 6.45) is 0.874. The van der Waals surface area contributed by atoms with Crippen molar-refractivity contribution in [1.29, 1.82) is 0 Å². The van der Waals surface area contributed by atoms with Crippen LogP contribution in [0.5, 0.6) is 64.2 Å². The summed E-state index contributed by atoms with van der Waals surface area (Å²) in [6.45, 7) is 0.279. The van der Waals surface area contributed by atoms with Crippen molar-refractivity contribution in [2.75, 3.05) is 56.2 Å². The minimum atomic E-state index is -1.46. The van der Waals surface area contributed by atoms with Gasteiger partial charge < -0.3 is 74.9 Å². The third-order valence-electron chi connectivity index (χ3n) is 15.5. The van der Waals surface area contributed by atoms with Crippen LogP contribution in [0.4, 0.5) is 46.0 Å². The second-order valence-corrected chi connectivity index (χ2v) is 25.3. The van der Waals surface area contributed by atoms with E-state index in [1.165, 1.54) is 103 Å². The number of aromatic nitrogens is 12. The van der Waals surface area contributed by atoms with Crippen LogP contribution in [0.1, 0.15) is 53.0 Å². The third-order valence-corrected chi connectivity index (χ3v) is 16.7. The summed E-state index contributed by atoms with van der Waals surface area (Å²) in [4.78, 5) is 106. The van der Waals surface area contributed by atoms with Gasteiger partial charge in [0, 0.05) is 47.7 Å². The summed E-state index contributed by atoms with van der Waals surface area (Å²) in [6, 6.07) is 34.0. The summed E-state index contributed by atoms with van der Waals surface area (Å²) in [7, 11) is 6.57. The molecule has 4 N–H and O–H groups in total. The number of rotatable bonds is 21. The maximum absolute atomic E-state index is 13.1. The molecule has 0 fully saturated rings. The van der Waals surface area contributed by atoms with Gasteiger partial charge in [0.05, 0.1) is 73.3 Å². The van der Waals surface area contributed by atoms with Gasteiger partial charge in [-0.15, -0.1) is 0 Å². The van der Waals surface area contributed by atoms with Crippen molar-refractivity contribution in [3.8, 4) is 75.4 Å². The van der Waals surface area contributed by atoms with Gasteiger partial charge in [-0.2, -0.15) is 34.9 Å². The minimum absolute atomic E-state index is 0. The topological polar surface area (TPSA) is 543 Å². The fourth-order valence-corrected chi connectivity index (χ4v) is 11.1. The van der Waals surface area contributed by atoms with Crippen LogP contribution in [0.3, 0.4) is 0 Å². The van der Waals surface area contributed by atoms with E-state index in [4.69, 9.17) is 106 Å². The van der Waals surface area contributed by atoms with E-state index < -0.39 is 77.4 Å². The average molecular weight is 1900 g/mol. The van der Waals surface area contributed by atoms with E-state index in [1.54, 1.807) is 78.9 Å². The fraction of sp³-hybridized carbons (Fsp3) is 0.176. The molecule has 0 aliphatic carbocycles. The third kappa shape index (κ3) is 29.1. The predicted molar refractivity (Wildman–Crippen MR) is 438 cm³/mol. The first-order valence-corrected chi connectivity index (χ1v) is 35.7. The molecule has 0 saturated heterocycles. The number of aromatic hydroxyl groups is 1. The van der Waals surface area contributed by atoms with Crippen molar-refractivity contribution in [3.63, 3.8) is 0 Å². The van der Waals surface area contributed by atoms with Crippen LogP contribution < -0.4 is 58.4 Å². The zero-order valence-corrected chi connectivity index (χ0v) is 69.7. The molecule has 0 bridgehead atoms. The van der Waals surface area contributed by atoms with E-state index in [2.05, 4.69) is 69.3 Å². The Kier molecular flexibility index (Phi) is 39.7. The summed E-state index contributed by atoms with van der Waals surface area (Å²) in [5, 5.41) is 80.2. The van der Waals surface area contributed by atoms with Gasteiger partial charge >= 0.3 is 64.6 Å². The number of nitro groups is 5. The molecule has 126 heavy (non-hydrogen) atoms. The number of fused-ring (bicyclic) bond motifs is 2. The molecule has 2 aliphatic heterocycles. The maximum Gasteiger partial charge on any atom is 0.488 e. The van der Waals surface area contributed by atoms with Crippen LogP contribution in [-0.2, 0) is 42.2 Å². The summed E-state index contributed by atoms with van der Waals surface area (Å²) in [5.41, 5.74) is 0.00192. The molecule has 14 rings (SSSR count). The van der Waals surface area contributed by atoms with Gasteiger partial charge in [-0.1, -0.05) is 96.8 Å². The van der Waals surface area contributed by atoms with Gasteiger partial charge in [0.1, 0.15) is 46.6 Å². The molecule has 6 aromatic heterocycles. The van der Waals surface area contributed by atoms with Gasteiger partial charge in [-0.05, 0) is 130 Å². The number of hydrogen-bond acceptors (Lipinski definition) is 35. The maximum atomic E-state index is 13.1. The van der Waals surface area contributed by atoms with Crippen LogP contribution in [0.15, 0.2) is 144 Å². The summed E-state index contributed by atoms with van der Waals surface area (Å²) >= 11 is 28.5. The fourth-order valence-electron chi connectivity index (χ4n) is 10.00. The first kappa shape index (κ1) is 103. The van der Waals surface area contributed by atoms with Crippen molar-refractivity contribution in [3.05, 3.63) is 303 Å². The standard InChI is InChI=1S/C18H11ClFN3O4.C13H12FN3O4.C11H6Cl2FN3O2.C11H8FN3O4.C7H7BO4.C6H6ClN3O4.C6H7ClN2O2.CH4.CH3.Ni/c19-18-17(23(24)25)16(11-3-6-13-14(8-11)27-9-26-13)21-15(22-18)7-10-1-4-12(20)5-2-10;1-20-12-11(17(18)19)13(21-2)16-10(15-12)7-8-3-5-9(14)6-4-8;12-10-9(17(18)19)11(13)16-8(15-10)5-6-1-3-7(14)4-2-6;12-7-3-1-6(2-4-7)5-8-13-10(16)9(15(18)19)11(17)14-8;9-8(10)5-1-2-6-7(3-5)12-4-11-6;1-13-4-3(10(11)12)5(14-2)9-6(7)8-4;1-10-4-3-5(11-2)9-6(7)8-4;;;/h1-6,8H,7,9H2;3-6H,7H2,1-2H3;1-4H,5H2;1-4H,5H2,(H2,13,14,16,17);1-3,9-10H,4H2;1-2H3;3H,1-2H3;1H4;1H3;/q;;;;;;;;-1;. The Morgan fingerprint density at radius 1 is 0.413 bits per heavy atom. The van der Waals surface area contributed by atoms with E-state index >= 15 is 0 Å². The molecular weight excluding hydrogens is 1830 g/mol. The molecule has 8 heterocycles. The van der Waals surface area contributed by atoms with Crippen LogP contribution in [0.25, 0.3) is 11.3 Å². The quantitative estimate of drug-likeness (QED) is 0.00987. The zero-order valence-electron chi connectivity index (χ0n) is 64.9. The number of hydrogen-bond donors (Lipinski definition) is 4. The van der Waals surface area contributed by atoms with Gasteiger partial charge in [0.2, 0.25) is 51.4 Å². The number of benzene rings is 6. The zero-order chi connectivity index (χ0) is 89.9. The van der Waals surface area contributed by atoms with Gasteiger partial charge in [0.15, 0.2) is 28.7 Å². The van der Waals surface area contributed by atoms with Gasteiger partial charge in [0.25, 0.3) is 5.88 Å². The first-order valence-electron chi connectivity index (χ1n) is 33.9. The average Bonchev–Trinajstić information content (AvgIpc) is 1.35. The molecule has 0 atom stereocenters. The number of aromatic amines is 1. The first-order chi connectivity index (χ1) is 58.6. The predicted octanol–water partition coefficient (Wildman–Crippen LogP) is 13.2. The number of nitrogens with zero attached hydrogens (tertiary/aromatic N) is 16. The van der Waals surface area contributed by atoms with E-state index in [0.717, 1.165) is 16.7 Å². The van der Waals surface area contributed by atoms with E-state index in [1.807, 2.05) is 0 Å². The molecule has 0 amide bonds. The Morgan fingerprint density at radius 2 is 0.746 bits per heavy atom. The second kappa shape index (κ2) is 48.8. The number of halogens is 9. The molecule has 0 spiro atoms. The SMILES string of the molecule is C.COc1cc(OC)nc(Cl)n1.COc1nc(Cc2ccc(F)cc2)nc(OC)c1[N+](=O)[O-].COc1nc(Cl)nc(OC)c1[N+](=O)[O-].O=[N+]([O-])c1c(Cl)nc(Cc2ccc(F)cc2)nc1-c1ccc2c(c1)OCO2.O=[N+]([O-])c1c(Cl)nc(Cc2ccc(F)cc2)nc1Cl.O=c1[nH]c(Cc2ccc(F)cc2)nc(O)c1[N+](=O)[O-].OB(O)c1ccc2c(c1)OCO2.[CH3-].[Ni]. The molecular formula is C74H64BCl5F4N17NiO24-. The molecule has 0 saturated carbocycles. The second-order valence-electron chi connectivity index (χ2n) is 23.5. The number of methoxy groups -OCH3 is 6. The van der Waals surface area contributed by atoms with Gasteiger partial charge in [-0.25, -0.2) is 37.5 Å². The summed E-state index contributed by atoms with van der Waals surface area (Å²) < 4.78 is 101. The van der Waals surface area contributed by atoms with Crippen molar-refractivity contribution in [1.82, 2.24) is 59.8 Å². The Balaban J connectivity index is 0.000000265. The van der Waals surface area contributed by atoms with E-state index in [0.29, 0.717) is 51.3 Å². The van der Waals surface area contributed by atoms with Crippen LogP contribution in [0.2, 0.25) is 26.0 Å². The van der Waals surface area contributed by atoms with E-state index in [9.17, 15) is 78.0 Å². The normalized spacial score (nSPS) is 10.6. The largest absolute Gasteiger partial charge is 0.488 e. The molecule has 0 radical (unpaired) electrons. The van der Waals surface area contributed by atoms with Gasteiger partial charge in [-0.3, -0.25) is 55.4 Å². The Bertz CT molecular complexity index is 5780. The smallest absolute Gasteiger partial charge is 0.488 e. The molecule has 0 unspecified atom stereocenters. The minimum Gasteiger partial charge on any atom is -0.488 e. The number of H-pyrrole nitrogens is 1. The molecule has 52 heteroatoms. The van der Waals surface area contributed by atoms with Crippen molar-refractivity contribution < 1.29 is 121 Å². The molecule has 41 nitrogen and oxygen atoms in total.